The molecule has 1 aromatic heterocycles. The number of alkyl halides is 3. The second-order valence-electron chi connectivity index (χ2n) is 5.88. The van der Waals surface area contributed by atoms with E-state index in [0.717, 1.165) is 35.6 Å². The lowest BCUT2D eigenvalue weighted by molar-refractivity contribution is -0.137. The summed E-state index contributed by atoms with van der Waals surface area (Å²) in [5.74, 6) is -1.30. The van der Waals surface area contributed by atoms with Gasteiger partial charge in [-0.3, -0.25) is 4.79 Å². The van der Waals surface area contributed by atoms with E-state index in [0.29, 0.717) is 16.1 Å². The van der Waals surface area contributed by atoms with Gasteiger partial charge in [-0.25, -0.2) is 4.79 Å². The van der Waals surface area contributed by atoms with E-state index in [-0.39, 0.29) is 16.1 Å². The zero-order chi connectivity index (χ0) is 21.2. The number of nitrogens with one attached hydrogen (secondary N) is 1. The molecule has 0 unspecified atom stereocenters. The molecule has 9 heteroatoms. The summed E-state index contributed by atoms with van der Waals surface area (Å²) in [6, 6.07) is 10.6. The van der Waals surface area contributed by atoms with Crippen molar-refractivity contribution in [3.8, 4) is 11.1 Å². The average Bonchev–Trinajstić information content (AvgIpc) is 3.10. The smallest absolute Gasteiger partial charge is 0.416 e. The van der Waals surface area contributed by atoms with Gasteiger partial charge in [0.25, 0.3) is 5.91 Å². The van der Waals surface area contributed by atoms with Gasteiger partial charge in [-0.2, -0.15) is 13.2 Å². The van der Waals surface area contributed by atoms with Gasteiger partial charge in [0.1, 0.15) is 10.6 Å². The second kappa shape index (κ2) is 8.26. The minimum atomic E-state index is -4.49. The number of carbonyl (C=O) groups is 2. The zero-order valence-electron chi connectivity index (χ0n) is 14.8. The van der Waals surface area contributed by atoms with E-state index in [9.17, 15) is 22.8 Å². The predicted octanol–water partition coefficient (Wildman–Crippen LogP) is 6.13. The Morgan fingerprint density at radius 1 is 1.03 bits per heavy atom. The predicted molar refractivity (Wildman–Crippen MR) is 106 cm³/mol. The SMILES string of the molecule is COC(=O)c1c(-c2ccc(Cl)cc2)csc1NC(=O)c1ccc(C(F)(F)F)cc1. The lowest BCUT2D eigenvalue weighted by Gasteiger charge is -2.09. The number of amides is 1. The molecule has 0 saturated carbocycles. The van der Waals surface area contributed by atoms with Crippen LogP contribution in [0.4, 0.5) is 18.2 Å². The Labute approximate surface area is 172 Å². The normalized spacial score (nSPS) is 11.2. The maximum Gasteiger partial charge on any atom is 0.416 e. The summed E-state index contributed by atoms with van der Waals surface area (Å²) in [5, 5.41) is 5.01. The molecule has 29 heavy (non-hydrogen) atoms. The molecule has 1 amide bonds. The molecule has 1 heterocycles. The molecule has 3 rings (SSSR count). The molecular weight excluding hydrogens is 427 g/mol. The number of rotatable bonds is 4. The number of esters is 1. The van der Waals surface area contributed by atoms with Gasteiger partial charge in [-0.05, 0) is 42.0 Å². The molecule has 0 saturated heterocycles. The number of hydrogen-bond donors (Lipinski definition) is 1. The van der Waals surface area contributed by atoms with Gasteiger partial charge in [-0.1, -0.05) is 23.7 Å². The van der Waals surface area contributed by atoms with E-state index < -0.39 is 23.6 Å². The van der Waals surface area contributed by atoms with Gasteiger partial charge in [0, 0.05) is 21.5 Å². The van der Waals surface area contributed by atoms with Gasteiger partial charge in [0.05, 0.1) is 12.7 Å². The van der Waals surface area contributed by atoms with Crippen LogP contribution in [0.2, 0.25) is 5.02 Å². The summed E-state index contributed by atoms with van der Waals surface area (Å²) in [5.41, 5.74) is 0.558. The standard InChI is InChI=1S/C20H13ClF3NO3S/c1-28-19(27)16-15(11-4-8-14(21)9-5-11)10-29-18(16)25-17(26)12-2-6-13(7-3-12)20(22,23)24/h2-10H,1H3,(H,25,26). The quantitative estimate of drug-likeness (QED) is 0.498. The number of ether oxygens (including phenoxy) is 1. The molecule has 1 N–H and O–H groups in total. The first-order valence-electron chi connectivity index (χ1n) is 8.15. The number of anilines is 1. The maximum atomic E-state index is 12.7. The minimum absolute atomic E-state index is 0.0234. The van der Waals surface area contributed by atoms with Gasteiger partial charge >= 0.3 is 12.1 Å². The highest BCUT2D eigenvalue weighted by Crippen LogP contribution is 2.37. The first kappa shape index (κ1) is 20.9. The molecule has 4 nitrogen and oxygen atoms in total. The second-order valence-corrected chi connectivity index (χ2v) is 7.20. The van der Waals surface area contributed by atoms with Crippen LogP contribution < -0.4 is 5.32 Å². The van der Waals surface area contributed by atoms with Crippen molar-refractivity contribution in [3.63, 3.8) is 0 Å². The minimum Gasteiger partial charge on any atom is -0.465 e. The van der Waals surface area contributed by atoms with Gasteiger partial charge in [0.15, 0.2) is 0 Å². The molecule has 0 radical (unpaired) electrons. The third-order valence-corrected chi connectivity index (χ3v) is 5.18. The Kier molecular flexibility index (Phi) is 5.95. The van der Waals surface area contributed by atoms with E-state index in [1.807, 2.05) is 0 Å². The van der Waals surface area contributed by atoms with Gasteiger partial charge < -0.3 is 10.1 Å². The Morgan fingerprint density at radius 3 is 2.21 bits per heavy atom. The number of halogens is 4. The number of benzene rings is 2. The summed E-state index contributed by atoms with van der Waals surface area (Å²) in [6.07, 6.45) is -4.49. The van der Waals surface area contributed by atoms with Crippen LogP contribution in [0.25, 0.3) is 11.1 Å². The van der Waals surface area contributed by atoms with Crippen molar-refractivity contribution in [2.24, 2.45) is 0 Å². The van der Waals surface area contributed by atoms with Crippen LogP contribution in [0.5, 0.6) is 0 Å². The molecule has 0 aliphatic rings. The van der Waals surface area contributed by atoms with Crippen LogP contribution in [-0.4, -0.2) is 19.0 Å². The summed E-state index contributed by atoms with van der Waals surface area (Å²) in [4.78, 5) is 24.8. The Balaban J connectivity index is 1.91. The van der Waals surface area contributed by atoms with Crippen molar-refractivity contribution in [3.05, 3.63) is 75.6 Å². The first-order chi connectivity index (χ1) is 13.7. The van der Waals surface area contributed by atoms with Crippen LogP contribution in [0.3, 0.4) is 0 Å². The highest BCUT2D eigenvalue weighted by Gasteiger charge is 2.30. The van der Waals surface area contributed by atoms with E-state index in [1.54, 1.807) is 29.6 Å². The number of methoxy groups -OCH3 is 1. The van der Waals surface area contributed by atoms with Crippen molar-refractivity contribution in [2.75, 3.05) is 12.4 Å². The number of hydrogen-bond acceptors (Lipinski definition) is 4. The van der Waals surface area contributed by atoms with Gasteiger partial charge in [-0.15, -0.1) is 11.3 Å². The third kappa shape index (κ3) is 4.60. The molecule has 0 fully saturated rings. The summed E-state index contributed by atoms with van der Waals surface area (Å²) in [6.45, 7) is 0. The summed E-state index contributed by atoms with van der Waals surface area (Å²) >= 11 is 7.00. The number of carbonyl (C=O) groups excluding carboxylic acids is 2. The van der Waals surface area contributed by atoms with Crippen LogP contribution in [0.15, 0.2) is 53.9 Å². The first-order valence-corrected chi connectivity index (χ1v) is 9.41. The topological polar surface area (TPSA) is 55.4 Å². The highest BCUT2D eigenvalue weighted by atomic mass is 35.5. The fourth-order valence-electron chi connectivity index (χ4n) is 2.58. The molecule has 0 spiro atoms. The van der Waals surface area contributed by atoms with Crippen LogP contribution >= 0.6 is 22.9 Å². The molecule has 0 aliphatic carbocycles. The Hall–Kier alpha value is -2.84. The summed E-state index contributed by atoms with van der Waals surface area (Å²) < 4.78 is 42.9. The third-order valence-electron chi connectivity index (χ3n) is 4.04. The molecular formula is C20H13ClF3NO3S. The van der Waals surface area contributed by atoms with Gasteiger partial charge in [0.2, 0.25) is 0 Å². The van der Waals surface area contributed by atoms with Crippen molar-refractivity contribution in [1.82, 2.24) is 0 Å². The molecule has 2 aromatic carbocycles. The monoisotopic (exact) mass is 439 g/mol. The van der Waals surface area contributed by atoms with Crippen LogP contribution in [0.1, 0.15) is 26.3 Å². The van der Waals surface area contributed by atoms with Crippen LogP contribution in [0, 0.1) is 0 Å². The number of thiophene rings is 1. The van der Waals surface area contributed by atoms with E-state index in [1.165, 1.54) is 7.11 Å². The molecule has 0 atom stereocenters. The lowest BCUT2D eigenvalue weighted by atomic mass is 10.0. The molecule has 150 valence electrons. The zero-order valence-corrected chi connectivity index (χ0v) is 16.4. The van der Waals surface area contributed by atoms with Crippen LogP contribution in [-0.2, 0) is 10.9 Å². The van der Waals surface area contributed by atoms with Crippen molar-refractivity contribution in [1.29, 1.82) is 0 Å². The fraction of sp³-hybridized carbons (Fsp3) is 0.100. The average molecular weight is 440 g/mol. The van der Waals surface area contributed by atoms with E-state index >= 15 is 0 Å². The summed E-state index contributed by atoms with van der Waals surface area (Å²) in [7, 11) is 1.22. The van der Waals surface area contributed by atoms with Crippen molar-refractivity contribution < 1.29 is 27.5 Å². The molecule has 3 aromatic rings. The largest absolute Gasteiger partial charge is 0.465 e. The molecule has 0 aliphatic heterocycles. The van der Waals surface area contributed by atoms with Crippen molar-refractivity contribution >= 4 is 39.8 Å². The highest BCUT2D eigenvalue weighted by molar-refractivity contribution is 7.15. The van der Waals surface area contributed by atoms with E-state index in [2.05, 4.69) is 5.32 Å². The maximum absolute atomic E-state index is 12.7. The fourth-order valence-corrected chi connectivity index (χ4v) is 3.66. The Bertz CT molecular complexity index is 1040. The lowest BCUT2D eigenvalue weighted by Crippen LogP contribution is -2.14. The van der Waals surface area contributed by atoms with Crippen molar-refractivity contribution in [2.45, 2.75) is 6.18 Å². The molecule has 0 bridgehead atoms. The van der Waals surface area contributed by atoms with E-state index in [4.69, 9.17) is 16.3 Å². The Morgan fingerprint density at radius 2 is 1.66 bits per heavy atom.